The van der Waals surface area contributed by atoms with Gasteiger partial charge in [-0.2, -0.15) is 0 Å². The largest absolute Gasteiger partial charge is 0.436 e. The quantitative estimate of drug-likeness (QED) is 0.127. The first-order valence-corrected chi connectivity index (χ1v) is 12.8. The molecule has 10 heteroatoms. The van der Waals surface area contributed by atoms with Gasteiger partial charge in [-0.3, -0.25) is 19.7 Å². The maximum absolute atomic E-state index is 12.8. The van der Waals surface area contributed by atoms with Gasteiger partial charge in [0.1, 0.15) is 5.52 Å². The fourth-order valence-corrected chi connectivity index (χ4v) is 4.73. The summed E-state index contributed by atoms with van der Waals surface area (Å²) in [5.41, 5.74) is 3.47. The van der Waals surface area contributed by atoms with Gasteiger partial charge >= 0.3 is 0 Å². The first kappa shape index (κ1) is 25.7. The summed E-state index contributed by atoms with van der Waals surface area (Å²) < 4.78 is 5.80. The maximum Gasteiger partial charge on any atom is 0.270 e. The molecule has 0 aliphatic carbocycles. The van der Waals surface area contributed by atoms with E-state index < -0.39 is 16.1 Å². The summed E-state index contributed by atoms with van der Waals surface area (Å²) in [5, 5.41) is 16.2. The van der Waals surface area contributed by atoms with Gasteiger partial charge in [-0.15, -0.1) is 11.8 Å². The normalized spacial score (nSPS) is 11.6. The molecule has 1 aromatic heterocycles. The minimum absolute atomic E-state index is 0.160. The molecule has 0 saturated heterocycles. The standard InChI is InChI=1S/C29H22N4O5S/c1-18(27(34)30-21-14-12-19(13-15-21)29-32-25-10-2-3-11-26(25)38-29)39-24-9-5-7-22(17-24)31-28(35)20-6-4-8-23(16-20)33(36)37/h2-18H,1H3,(H,30,34)(H,31,35). The molecule has 1 heterocycles. The Bertz CT molecular complexity index is 1650. The number of nitrogens with zero attached hydrogens (tertiary/aromatic N) is 2. The number of oxazole rings is 1. The molecule has 0 radical (unpaired) electrons. The number of hydrogen-bond acceptors (Lipinski definition) is 7. The van der Waals surface area contributed by atoms with Gasteiger partial charge in [-0.1, -0.05) is 24.3 Å². The molecule has 0 fully saturated rings. The molecule has 2 N–H and O–H groups in total. The zero-order valence-electron chi connectivity index (χ0n) is 20.7. The topological polar surface area (TPSA) is 127 Å². The number of anilines is 2. The molecule has 0 aliphatic heterocycles. The molecule has 0 spiro atoms. The Hall–Kier alpha value is -4.96. The summed E-state index contributed by atoms with van der Waals surface area (Å²) in [7, 11) is 0. The van der Waals surface area contributed by atoms with Crippen molar-refractivity contribution in [3.05, 3.63) is 113 Å². The minimum atomic E-state index is -0.549. The van der Waals surface area contributed by atoms with Crippen LogP contribution in [0.2, 0.25) is 0 Å². The zero-order chi connectivity index (χ0) is 27.4. The van der Waals surface area contributed by atoms with Crippen LogP contribution in [0.25, 0.3) is 22.6 Å². The van der Waals surface area contributed by atoms with Crippen LogP contribution >= 0.6 is 11.8 Å². The van der Waals surface area contributed by atoms with Crippen LogP contribution in [0.1, 0.15) is 17.3 Å². The minimum Gasteiger partial charge on any atom is -0.436 e. The third-order valence-electron chi connectivity index (χ3n) is 5.79. The highest BCUT2D eigenvalue weighted by molar-refractivity contribution is 8.00. The van der Waals surface area contributed by atoms with Crippen LogP contribution in [0.4, 0.5) is 17.1 Å². The van der Waals surface area contributed by atoms with Crippen molar-refractivity contribution in [2.24, 2.45) is 0 Å². The number of amides is 2. The van der Waals surface area contributed by atoms with E-state index in [9.17, 15) is 19.7 Å². The Kier molecular flexibility index (Phi) is 7.37. The highest BCUT2D eigenvalue weighted by atomic mass is 32.2. The number of carbonyl (C=O) groups excluding carboxylic acids is 2. The lowest BCUT2D eigenvalue weighted by atomic mass is 10.2. The van der Waals surface area contributed by atoms with E-state index in [4.69, 9.17) is 4.42 Å². The van der Waals surface area contributed by atoms with Crippen molar-refractivity contribution in [2.75, 3.05) is 10.6 Å². The van der Waals surface area contributed by atoms with Gasteiger partial charge in [0.2, 0.25) is 11.8 Å². The van der Waals surface area contributed by atoms with Crippen molar-refractivity contribution < 1.29 is 18.9 Å². The van der Waals surface area contributed by atoms with Gasteiger partial charge in [-0.05, 0) is 67.6 Å². The molecular weight excluding hydrogens is 516 g/mol. The average Bonchev–Trinajstić information content (AvgIpc) is 3.38. The van der Waals surface area contributed by atoms with Crippen molar-refractivity contribution in [1.29, 1.82) is 0 Å². The van der Waals surface area contributed by atoms with Gasteiger partial charge < -0.3 is 15.1 Å². The van der Waals surface area contributed by atoms with Crippen molar-refractivity contribution in [1.82, 2.24) is 4.98 Å². The summed E-state index contributed by atoms with van der Waals surface area (Å²) in [6, 6.07) is 27.4. The predicted molar refractivity (Wildman–Crippen MR) is 151 cm³/mol. The van der Waals surface area contributed by atoms with Gasteiger partial charge in [0.25, 0.3) is 11.6 Å². The summed E-state index contributed by atoms with van der Waals surface area (Å²) in [4.78, 5) is 41.1. The van der Waals surface area contributed by atoms with E-state index in [1.165, 1.54) is 36.0 Å². The van der Waals surface area contributed by atoms with E-state index in [-0.39, 0.29) is 17.2 Å². The van der Waals surface area contributed by atoms with Crippen LogP contribution in [0.3, 0.4) is 0 Å². The highest BCUT2D eigenvalue weighted by Gasteiger charge is 2.16. The van der Waals surface area contributed by atoms with Crippen LogP contribution in [-0.4, -0.2) is 27.0 Å². The van der Waals surface area contributed by atoms with Crippen molar-refractivity contribution in [2.45, 2.75) is 17.1 Å². The molecule has 4 aromatic carbocycles. The van der Waals surface area contributed by atoms with Crippen LogP contribution in [0, 0.1) is 10.1 Å². The number of nitro groups is 1. The number of carbonyl (C=O) groups is 2. The molecular formula is C29H22N4O5S. The monoisotopic (exact) mass is 538 g/mol. The molecule has 1 atom stereocenters. The lowest BCUT2D eigenvalue weighted by Gasteiger charge is -2.13. The Balaban J connectivity index is 1.19. The highest BCUT2D eigenvalue weighted by Crippen LogP contribution is 2.28. The van der Waals surface area contributed by atoms with E-state index >= 15 is 0 Å². The second-order valence-electron chi connectivity index (χ2n) is 8.60. The van der Waals surface area contributed by atoms with E-state index in [0.717, 1.165) is 16.0 Å². The SMILES string of the molecule is CC(Sc1cccc(NC(=O)c2cccc([N+](=O)[O-])c2)c1)C(=O)Nc1ccc(-c2nc3ccccc3o2)cc1. The molecule has 0 saturated carbocycles. The third kappa shape index (κ3) is 6.13. The number of nitro benzene ring substituents is 1. The number of nitrogens with one attached hydrogen (secondary N) is 2. The van der Waals surface area contributed by atoms with E-state index in [2.05, 4.69) is 15.6 Å². The van der Waals surface area contributed by atoms with Crippen LogP contribution in [0.15, 0.2) is 106 Å². The summed E-state index contributed by atoms with van der Waals surface area (Å²) in [6.45, 7) is 1.79. The van der Waals surface area contributed by atoms with Gasteiger partial charge in [0, 0.05) is 39.5 Å². The second-order valence-corrected chi connectivity index (χ2v) is 10.0. The molecule has 5 rings (SSSR count). The average molecular weight is 539 g/mol. The van der Waals surface area contributed by atoms with Crippen molar-refractivity contribution >= 4 is 51.7 Å². The number of hydrogen-bond donors (Lipinski definition) is 2. The second kappa shape index (κ2) is 11.2. The van der Waals surface area contributed by atoms with Gasteiger partial charge in [0.05, 0.1) is 10.2 Å². The summed E-state index contributed by atoms with van der Waals surface area (Å²) >= 11 is 1.34. The molecule has 5 aromatic rings. The number of fused-ring (bicyclic) bond motifs is 1. The van der Waals surface area contributed by atoms with E-state index in [1.807, 2.05) is 42.5 Å². The molecule has 1 unspecified atom stereocenters. The fourth-order valence-electron chi connectivity index (χ4n) is 3.80. The first-order chi connectivity index (χ1) is 18.9. The fraction of sp³-hybridized carbons (Fsp3) is 0.0690. The third-order valence-corrected chi connectivity index (χ3v) is 6.88. The van der Waals surface area contributed by atoms with E-state index in [0.29, 0.717) is 22.8 Å². The molecule has 39 heavy (non-hydrogen) atoms. The number of non-ortho nitro benzene ring substituents is 1. The maximum atomic E-state index is 12.8. The Labute approximate surface area is 227 Å². The smallest absolute Gasteiger partial charge is 0.270 e. The van der Waals surface area contributed by atoms with Crippen LogP contribution in [0.5, 0.6) is 0 Å². The lowest BCUT2D eigenvalue weighted by molar-refractivity contribution is -0.384. The Morgan fingerprint density at radius 3 is 2.44 bits per heavy atom. The van der Waals surface area contributed by atoms with Gasteiger partial charge in [0.15, 0.2) is 5.58 Å². The molecule has 0 bridgehead atoms. The predicted octanol–water partition coefficient (Wildman–Crippen LogP) is 6.77. The molecule has 2 amide bonds. The zero-order valence-corrected chi connectivity index (χ0v) is 21.5. The summed E-state index contributed by atoms with van der Waals surface area (Å²) in [5.74, 6) is -0.135. The molecule has 9 nitrogen and oxygen atoms in total. The number of thioether (sulfide) groups is 1. The van der Waals surface area contributed by atoms with Crippen LogP contribution in [-0.2, 0) is 4.79 Å². The number of rotatable bonds is 8. The summed E-state index contributed by atoms with van der Waals surface area (Å²) in [6.07, 6.45) is 0. The van der Waals surface area contributed by atoms with Gasteiger partial charge in [-0.25, -0.2) is 4.98 Å². The van der Waals surface area contributed by atoms with Crippen LogP contribution < -0.4 is 10.6 Å². The number of aromatic nitrogens is 1. The molecule has 194 valence electrons. The van der Waals surface area contributed by atoms with Crippen molar-refractivity contribution in [3.8, 4) is 11.5 Å². The Morgan fingerprint density at radius 2 is 1.67 bits per heavy atom. The first-order valence-electron chi connectivity index (χ1n) is 11.9. The van der Waals surface area contributed by atoms with Crippen molar-refractivity contribution in [3.63, 3.8) is 0 Å². The number of benzene rings is 4. The molecule has 0 aliphatic rings. The van der Waals surface area contributed by atoms with E-state index in [1.54, 1.807) is 37.3 Å². The Morgan fingerprint density at radius 1 is 0.897 bits per heavy atom. The number of para-hydroxylation sites is 2. The lowest BCUT2D eigenvalue weighted by Crippen LogP contribution is -2.22.